The van der Waals surface area contributed by atoms with Gasteiger partial charge in [0.2, 0.25) is 0 Å². The normalized spacial score (nSPS) is 15.3. The molecule has 1 amide bonds. The maximum atomic E-state index is 14.0. The van der Waals surface area contributed by atoms with Gasteiger partial charge in [-0.15, -0.1) is 0 Å². The largest absolute Gasteiger partial charge is 0.466 e. The minimum atomic E-state index is -0.523. The van der Waals surface area contributed by atoms with Gasteiger partial charge in [0.15, 0.2) is 0 Å². The monoisotopic (exact) mass is 482 g/mol. The molecule has 5 nitrogen and oxygen atoms in total. The summed E-state index contributed by atoms with van der Waals surface area (Å²) in [4.78, 5) is 33.2. The summed E-state index contributed by atoms with van der Waals surface area (Å²) < 4.78 is 5.17. The number of esters is 1. The summed E-state index contributed by atoms with van der Waals surface area (Å²) in [6, 6.07) is 25.9. The zero-order chi connectivity index (χ0) is 25.5. The molecule has 3 aromatic carbocycles. The van der Waals surface area contributed by atoms with Crippen LogP contribution in [-0.2, 0) is 14.3 Å². The van der Waals surface area contributed by atoms with E-state index in [4.69, 9.17) is 9.73 Å². The second-order valence-electron chi connectivity index (χ2n) is 9.01. The van der Waals surface area contributed by atoms with Crippen LogP contribution in [0.3, 0.4) is 0 Å². The molecule has 0 spiro atoms. The molecule has 36 heavy (non-hydrogen) atoms. The molecule has 0 radical (unpaired) electrons. The average molecular weight is 483 g/mol. The zero-order valence-electron chi connectivity index (χ0n) is 21.3. The molecule has 0 saturated carbocycles. The first-order valence-corrected chi connectivity index (χ1v) is 12.9. The van der Waals surface area contributed by atoms with Crippen molar-refractivity contribution in [2.45, 2.75) is 46.1 Å². The molecule has 0 N–H and O–H groups in total. The Morgan fingerprint density at radius 2 is 1.53 bits per heavy atom. The summed E-state index contributed by atoms with van der Waals surface area (Å²) in [6.07, 6.45) is 1.82. The van der Waals surface area contributed by atoms with Crippen molar-refractivity contribution in [1.29, 1.82) is 0 Å². The first-order valence-electron chi connectivity index (χ1n) is 12.9. The van der Waals surface area contributed by atoms with E-state index in [1.165, 1.54) is 0 Å². The van der Waals surface area contributed by atoms with Crippen LogP contribution in [0.5, 0.6) is 0 Å². The van der Waals surface area contributed by atoms with Crippen LogP contribution in [0.1, 0.15) is 51.2 Å². The van der Waals surface area contributed by atoms with E-state index in [9.17, 15) is 9.59 Å². The number of benzene rings is 3. The third-order valence-corrected chi connectivity index (χ3v) is 6.82. The molecule has 1 heterocycles. The van der Waals surface area contributed by atoms with E-state index in [1.807, 2.05) is 60.7 Å². The second-order valence-corrected chi connectivity index (χ2v) is 9.01. The van der Waals surface area contributed by atoms with Crippen LogP contribution in [0.4, 0.5) is 5.69 Å². The van der Waals surface area contributed by atoms with Gasteiger partial charge in [0.25, 0.3) is 5.91 Å². The van der Waals surface area contributed by atoms with Crippen molar-refractivity contribution in [3.63, 3.8) is 0 Å². The number of fused-ring (bicyclic) bond motifs is 1. The van der Waals surface area contributed by atoms with Crippen molar-refractivity contribution in [3.8, 4) is 11.1 Å². The lowest BCUT2D eigenvalue weighted by atomic mass is 9.93. The van der Waals surface area contributed by atoms with Gasteiger partial charge in [0.05, 0.1) is 24.4 Å². The van der Waals surface area contributed by atoms with Gasteiger partial charge in [0, 0.05) is 17.7 Å². The van der Waals surface area contributed by atoms with Crippen molar-refractivity contribution in [1.82, 2.24) is 0 Å². The Kier molecular flexibility index (Phi) is 8.32. The number of nitrogens with zero attached hydrogens (tertiary/aromatic N) is 2. The second kappa shape index (κ2) is 11.8. The summed E-state index contributed by atoms with van der Waals surface area (Å²) in [7, 11) is 0. The smallest absolute Gasteiger partial charge is 0.307 e. The predicted molar refractivity (Wildman–Crippen MR) is 145 cm³/mol. The SMILES string of the molecule is CCOC(=O)CCN1C(=O)[C@H](C(CC)CC)N=C(c2ccccc2)c2cc(-c3ccccc3)ccc21. The molecule has 5 heteroatoms. The van der Waals surface area contributed by atoms with E-state index in [0.29, 0.717) is 6.61 Å². The fourth-order valence-corrected chi connectivity index (χ4v) is 4.85. The van der Waals surface area contributed by atoms with Gasteiger partial charge in [-0.3, -0.25) is 14.6 Å². The highest BCUT2D eigenvalue weighted by atomic mass is 16.5. The summed E-state index contributed by atoms with van der Waals surface area (Å²) in [5.74, 6) is -0.267. The van der Waals surface area contributed by atoms with E-state index in [1.54, 1.807) is 11.8 Å². The van der Waals surface area contributed by atoms with Crippen LogP contribution in [0, 0.1) is 5.92 Å². The highest BCUT2D eigenvalue weighted by Crippen LogP contribution is 2.35. The molecule has 1 aliphatic heterocycles. The summed E-state index contributed by atoms with van der Waals surface area (Å²) in [6.45, 7) is 6.57. The molecule has 0 fully saturated rings. The summed E-state index contributed by atoms with van der Waals surface area (Å²) in [5, 5.41) is 0. The lowest BCUT2D eigenvalue weighted by Gasteiger charge is -2.28. The molecule has 1 aliphatic rings. The molecule has 186 valence electrons. The lowest BCUT2D eigenvalue weighted by Crippen LogP contribution is -2.42. The number of hydrogen-bond acceptors (Lipinski definition) is 4. The molecule has 4 rings (SSSR count). The first kappa shape index (κ1) is 25.4. The third-order valence-electron chi connectivity index (χ3n) is 6.82. The Morgan fingerprint density at radius 3 is 2.14 bits per heavy atom. The van der Waals surface area contributed by atoms with Crippen LogP contribution in [0.2, 0.25) is 0 Å². The number of carbonyl (C=O) groups excluding carboxylic acids is 2. The molecule has 0 aliphatic carbocycles. The molecule has 3 aromatic rings. The fraction of sp³-hybridized carbons (Fsp3) is 0.323. The maximum Gasteiger partial charge on any atom is 0.307 e. The van der Waals surface area contributed by atoms with Crippen LogP contribution in [0.15, 0.2) is 83.9 Å². The van der Waals surface area contributed by atoms with Gasteiger partial charge in [-0.2, -0.15) is 0 Å². The summed E-state index contributed by atoms with van der Waals surface area (Å²) in [5.41, 5.74) is 5.61. The van der Waals surface area contributed by atoms with Gasteiger partial charge in [-0.05, 0) is 36.1 Å². The Bertz CT molecular complexity index is 1220. The number of rotatable bonds is 9. The van der Waals surface area contributed by atoms with Crippen LogP contribution < -0.4 is 4.90 Å². The van der Waals surface area contributed by atoms with Crippen LogP contribution >= 0.6 is 0 Å². The first-order chi connectivity index (χ1) is 17.6. The Labute approximate surface area is 213 Å². The molecule has 1 atom stereocenters. The van der Waals surface area contributed by atoms with E-state index in [-0.39, 0.29) is 30.8 Å². The van der Waals surface area contributed by atoms with Gasteiger partial charge in [0.1, 0.15) is 6.04 Å². The molecule has 0 aromatic heterocycles. The number of benzodiazepines with no additional fused rings is 1. The molecular formula is C31H34N2O3. The minimum absolute atomic E-state index is 0.0624. The predicted octanol–water partition coefficient (Wildman–Crippen LogP) is 6.30. The highest BCUT2D eigenvalue weighted by Gasteiger charge is 2.36. The maximum absolute atomic E-state index is 14.0. The van der Waals surface area contributed by atoms with Gasteiger partial charge in [-0.1, -0.05) is 93.4 Å². The Morgan fingerprint density at radius 1 is 0.889 bits per heavy atom. The molecule has 0 saturated heterocycles. The molecule has 0 bridgehead atoms. The van der Waals surface area contributed by atoms with Crippen molar-refractivity contribution < 1.29 is 14.3 Å². The summed E-state index contributed by atoms with van der Waals surface area (Å²) >= 11 is 0. The quantitative estimate of drug-likeness (QED) is 0.337. The Balaban J connectivity index is 1.91. The standard InChI is InChI=1S/C31H34N2O3/c1-4-22(5-2)30-31(35)33(20-19-28(34)36-6-3)27-18-17-25(23-13-9-7-10-14-23)21-26(27)29(32-30)24-15-11-8-12-16-24/h7-18,21-22,30H,4-6,19-20H2,1-3H3/t30-/m0/s1. The Hall–Kier alpha value is -3.73. The van der Waals surface area contributed by atoms with Gasteiger partial charge >= 0.3 is 5.97 Å². The van der Waals surface area contributed by atoms with Crippen LogP contribution in [0.25, 0.3) is 11.1 Å². The zero-order valence-corrected chi connectivity index (χ0v) is 21.3. The molecular weight excluding hydrogens is 448 g/mol. The highest BCUT2D eigenvalue weighted by molar-refractivity contribution is 6.20. The van der Waals surface area contributed by atoms with Crippen molar-refractivity contribution in [3.05, 3.63) is 90.0 Å². The number of ether oxygens (including phenoxy) is 1. The fourth-order valence-electron chi connectivity index (χ4n) is 4.85. The minimum Gasteiger partial charge on any atom is -0.466 e. The number of amides is 1. The van der Waals surface area contributed by atoms with Gasteiger partial charge < -0.3 is 9.64 Å². The van der Waals surface area contributed by atoms with E-state index >= 15 is 0 Å². The van der Waals surface area contributed by atoms with E-state index in [2.05, 4.69) is 32.0 Å². The third kappa shape index (κ3) is 5.40. The lowest BCUT2D eigenvalue weighted by molar-refractivity contribution is -0.142. The topological polar surface area (TPSA) is 59.0 Å². The van der Waals surface area contributed by atoms with Crippen molar-refractivity contribution in [2.24, 2.45) is 10.9 Å². The number of hydrogen-bond donors (Lipinski definition) is 0. The average Bonchev–Trinajstić information content (AvgIpc) is 3.03. The van der Waals surface area contributed by atoms with E-state index in [0.717, 1.165) is 46.5 Å². The van der Waals surface area contributed by atoms with Gasteiger partial charge in [-0.25, -0.2) is 0 Å². The number of anilines is 1. The van der Waals surface area contributed by atoms with E-state index < -0.39 is 6.04 Å². The van der Waals surface area contributed by atoms with Crippen molar-refractivity contribution >= 4 is 23.3 Å². The number of aliphatic imine (C=N–C) groups is 1. The molecule has 0 unspecified atom stereocenters. The van der Waals surface area contributed by atoms with Crippen LogP contribution in [-0.4, -0.2) is 36.8 Å². The van der Waals surface area contributed by atoms with Crippen molar-refractivity contribution in [2.75, 3.05) is 18.1 Å². The number of carbonyl (C=O) groups is 2.